The average Bonchev–Trinajstić information content (AvgIpc) is 3.07. The highest BCUT2D eigenvalue weighted by Crippen LogP contribution is 2.25. The van der Waals surface area contributed by atoms with E-state index in [1.807, 2.05) is 37.3 Å². The molecule has 0 saturated heterocycles. The standard InChI is InChI=1S/C20H19FN4O2/c1-13-8-19(22-10-17(13)21)25-14(2)11-24-18(20(25)26)9-15(23-24)12-27-16-6-4-3-5-7-16/h3-10,14H,11-12H2,1-2H3/t14-/m1/s1. The summed E-state index contributed by atoms with van der Waals surface area (Å²) in [5, 5.41) is 4.49. The lowest BCUT2D eigenvalue weighted by Gasteiger charge is -2.32. The predicted octanol–water partition coefficient (Wildman–Crippen LogP) is 3.35. The monoisotopic (exact) mass is 366 g/mol. The van der Waals surface area contributed by atoms with Crippen LogP contribution >= 0.6 is 0 Å². The lowest BCUT2D eigenvalue weighted by atomic mass is 10.1. The fourth-order valence-electron chi connectivity index (χ4n) is 3.17. The van der Waals surface area contributed by atoms with Gasteiger partial charge < -0.3 is 4.74 Å². The van der Waals surface area contributed by atoms with E-state index < -0.39 is 0 Å². The Kier molecular flexibility index (Phi) is 4.35. The summed E-state index contributed by atoms with van der Waals surface area (Å²) in [6.45, 7) is 4.38. The van der Waals surface area contributed by atoms with E-state index in [0.29, 0.717) is 29.3 Å². The molecule has 0 unspecified atom stereocenters. The van der Waals surface area contributed by atoms with Crippen LogP contribution in [0.3, 0.4) is 0 Å². The molecule has 0 N–H and O–H groups in total. The van der Waals surface area contributed by atoms with Crippen molar-refractivity contribution in [3.8, 4) is 5.75 Å². The summed E-state index contributed by atoms with van der Waals surface area (Å²) >= 11 is 0. The largest absolute Gasteiger partial charge is 0.487 e. The van der Waals surface area contributed by atoms with E-state index in [1.54, 1.807) is 28.6 Å². The van der Waals surface area contributed by atoms with E-state index in [2.05, 4.69) is 10.1 Å². The minimum absolute atomic E-state index is 0.148. The summed E-state index contributed by atoms with van der Waals surface area (Å²) < 4.78 is 20.9. The van der Waals surface area contributed by atoms with Crippen molar-refractivity contribution in [1.29, 1.82) is 0 Å². The van der Waals surface area contributed by atoms with Crippen LogP contribution in [-0.2, 0) is 13.2 Å². The van der Waals surface area contributed by atoms with Gasteiger partial charge in [0, 0.05) is 0 Å². The van der Waals surface area contributed by atoms with Crippen LogP contribution < -0.4 is 9.64 Å². The molecule has 0 fully saturated rings. The third kappa shape index (κ3) is 3.28. The van der Waals surface area contributed by atoms with Gasteiger partial charge in [0.25, 0.3) is 5.91 Å². The van der Waals surface area contributed by atoms with Crippen LogP contribution in [0.4, 0.5) is 10.2 Å². The predicted molar refractivity (Wildman–Crippen MR) is 98.2 cm³/mol. The maximum atomic E-state index is 13.5. The fraction of sp³-hybridized carbons (Fsp3) is 0.250. The van der Waals surface area contributed by atoms with Crippen molar-refractivity contribution < 1.29 is 13.9 Å². The second-order valence-electron chi connectivity index (χ2n) is 6.62. The number of halogens is 1. The molecule has 3 aromatic rings. The van der Waals surface area contributed by atoms with Crippen molar-refractivity contribution in [3.05, 3.63) is 71.4 Å². The van der Waals surface area contributed by atoms with E-state index in [4.69, 9.17) is 4.74 Å². The van der Waals surface area contributed by atoms with Gasteiger partial charge in [-0.25, -0.2) is 9.37 Å². The highest BCUT2D eigenvalue weighted by molar-refractivity contribution is 6.05. The number of pyridine rings is 1. The van der Waals surface area contributed by atoms with Gasteiger partial charge in [0.05, 0.1) is 18.8 Å². The smallest absolute Gasteiger partial charge is 0.278 e. The Labute approximate surface area is 156 Å². The van der Waals surface area contributed by atoms with E-state index in [1.165, 1.54) is 0 Å². The number of ether oxygens (including phenoxy) is 1. The molecule has 1 aliphatic heterocycles. The Hall–Kier alpha value is -3.22. The Morgan fingerprint density at radius 2 is 2.04 bits per heavy atom. The van der Waals surface area contributed by atoms with Crippen LogP contribution in [0.25, 0.3) is 0 Å². The maximum absolute atomic E-state index is 13.5. The molecule has 27 heavy (non-hydrogen) atoms. The number of fused-ring (bicyclic) bond motifs is 1. The molecule has 138 valence electrons. The van der Waals surface area contributed by atoms with Gasteiger partial charge in [-0.3, -0.25) is 14.4 Å². The number of rotatable bonds is 4. The Morgan fingerprint density at radius 1 is 1.26 bits per heavy atom. The van der Waals surface area contributed by atoms with E-state index >= 15 is 0 Å². The zero-order valence-electron chi connectivity index (χ0n) is 15.1. The van der Waals surface area contributed by atoms with Crippen molar-refractivity contribution in [1.82, 2.24) is 14.8 Å². The van der Waals surface area contributed by atoms with E-state index in [0.717, 1.165) is 11.9 Å². The summed E-state index contributed by atoms with van der Waals surface area (Å²) in [6, 6.07) is 12.6. The molecule has 4 rings (SSSR count). The van der Waals surface area contributed by atoms with Gasteiger partial charge in [0.1, 0.15) is 35.4 Å². The number of benzene rings is 1. The third-order valence-corrected chi connectivity index (χ3v) is 4.56. The summed E-state index contributed by atoms with van der Waals surface area (Å²) in [7, 11) is 0. The molecule has 0 radical (unpaired) electrons. The van der Waals surface area contributed by atoms with Gasteiger partial charge >= 0.3 is 0 Å². The van der Waals surface area contributed by atoms with Crippen molar-refractivity contribution in [3.63, 3.8) is 0 Å². The van der Waals surface area contributed by atoms with Crippen molar-refractivity contribution in [2.75, 3.05) is 4.90 Å². The topological polar surface area (TPSA) is 60.3 Å². The molecule has 3 heterocycles. The molecule has 1 atom stereocenters. The van der Waals surface area contributed by atoms with Crippen molar-refractivity contribution >= 4 is 11.7 Å². The lowest BCUT2D eigenvalue weighted by Crippen LogP contribution is -2.47. The number of hydrogen-bond donors (Lipinski definition) is 0. The van der Waals surface area contributed by atoms with Crippen LogP contribution in [0.5, 0.6) is 5.75 Å². The van der Waals surface area contributed by atoms with E-state index in [-0.39, 0.29) is 24.4 Å². The molecule has 6 nitrogen and oxygen atoms in total. The Morgan fingerprint density at radius 3 is 2.78 bits per heavy atom. The number of anilines is 1. The van der Waals surface area contributed by atoms with E-state index in [9.17, 15) is 9.18 Å². The van der Waals surface area contributed by atoms with Crippen molar-refractivity contribution in [2.45, 2.75) is 33.0 Å². The molecule has 0 aliphatic carbocycles. The summed E-state index contributed by atoms with van der Waals surface area (Å²) in [5.74, 6) is 0.601. The van der Waals surface area contributed by atoms with Crippen LogP contribution in [0.2, 0.25) is 0 Å². The zero-order chi connectivity index (χ0) is 19.0. The number of hydrogen-bond acceptors (Lipinski definition) is 4. The molecule has 0 bridgehead atoms. The highest BCUT2D eigenvalue weighted by Gasteiger charge is 2.33. The quantitative estimate of drug-likeness (QED) is 0.710. The molecular weight excluding hydrogens is 347 g/mol. The first-order chi connectivity index (χ1) is 13.0. The fourth-order valence-corrected chi connectivity index (χ4v) is 3.17. The SMILES string of the molecule is Cc1cc(N2C(=O)c3cc(COc4ccccc4)nn3C[C@H]2C)ncc1F. The number of para-hydroxylation sites is 1. The Balaban J connectivity index is 1.57. The third-order valence-electron chi connectivity index (χ3n) is 4.56. The number of aryl methyl sites for hydroxylation is 1. The number of amides is 1. The van der Waals surface area contributed by atoms with Crippen LogP contribution in [-0.4, -0.2) is 26.7 Å². The molecule has 0 spiro atoms. The first-order valence-electron chi connectivity index (χ1n) is 8.73. The summed E-state index contributed by atoms with van der Waals surface area (Å²) in [4.78, 5) is 18.7. The lowest BCUT2D eigenvalue weighted by molar-refractivity contribution is 0.0946. The number of aromatic nitrogens is 3. The molecule has 2 aromatic heterocycles. The minimum Gasteiger partial charge on any atom is -0.487 e. The van der Waals surface area contributed by atoms with Gasteiger partial charge in [0.2, 0.25) is 0 Å². The normalized spacial score (nSPS) is 16.3. The van der Waals surface area contributed by atoms with Gasteiger partial charge in [-0.15, -0.1) is 0 Å². The molecule has 0 saturated carbocycles. The molecule has 1 amide bonds. The first kappa shape index (κ1) is 17.2. The van der Waals surface area contributed by atoms with Crippen molar-refractivity contribution in [2.24, 2.45) is 0 Å². The molecular formula is C20H19FN4O2. The molecule has 1 aliphatic rings. The van der Waals surface area contributed by atoms with Gasteiger partial charge in [-0.2, -0.15) is 5.10 Å². The second kappa shape index (κ2) is 6.83. The van der Waals surface area contributed by atoms with Gasteiger partial charge in [0.15, 0.2) is 0 Å². The number of carbonyl (C=O) groups is 1. The Bertz CT molecular complexity index is 987. The number of carbonyl (C=O) groups excluding carboxylic acids is 1. The highest BCUT2D eigenvalue weighted by atomic mass is 19.1. The minimum atomic E-state index is -0.388. The molecule has 1 aromatic carbocycles. The maximum Gasteiger partial charge on any atom is 0.278 e. The van der Waals surface area contributed by atoms with Crippen LogP contribution in [0, 0.1) is 12.7 Å². The summed E-state index contributed by atoms with van der Waals surface area (Å²) in [6.07, 6.45) is 1.15. The average molecular weight is 366 g/mol. The number of nitrogens with zero attached hydrogens (tertiary/aromatic N) is 4. The first-order valence-corrected chi connectivity index (χ1v) is 8.73. The zero-order valence-corrected chi connectivity index (χ0v) is 15.1. The van der Waals surface area contributed by atoms with Gasteiger partial charge in [-0.05, 0) is 43.7 Å². The second-order valence-corrected chi connectivity index (χ2v) is 6.62. The van der Waals surface area contributed by atoms with Gasteiger partial charge in [-0.1, -0.05) is 18.2 Å². The van der Waals surface area contributed by atoms with Crippen LogP contribution in [0.1, 0.15) is 28.7 Å². The van der Waals surface area contributed by atoms with Crippen LogP contribution in [0.15, 0.2) is 48.7 Å². The summed E-state index contributed by atoms with van der Waals surface area (Å²) in [5.41, 5.74) is 1.61. The molecule has 7 heteroatoms.